The summed E-state index contributed by atoms with van der Waals surface area (Å²) in [6.07, 6.45) is 0. The molecule has 2 aromatic rings. The van der Waals surface area contributed by atoms with Crippen molar-refractivity contribution in [3.05, 3.63) is 57.6 Å². The van der Waals surface area contributed by atoms with Gasteiger partial charge in [0.15, 0.2) is 0 Å². The molecule has 0 fully saturated rings. The number of halogens is 2. The molecular weight excluding hydrogens is 385 g/mol. The molecule has 2 rings (SSSR count). The van der Waals surface area contributed by atoms with Crippen LogP contribution in [-0.2, 0) is 9.59 Å². The van der Waals surface area contributed by atoms with E-state index in [9.17, 15) is 9.59 Å². The van der Waals surface area contributed by atoms with Crippen LogP contribution in [0.5, 0.6) is 0 Å². The van der Waals surface area contributed by atoms with Gasteiger partial charge in [0.25, 0.3) is 0 Å². The number of nitrogens with one attached hydrogen (secondary N) is 2. The van der Waals surface area contributed by atoms with Crippen LogP contribution in [0.1, 0.15) is 18.1 Å². The minimum Gasteiger partial charge on any atom is -0.324 e. The summed E-state index contributed by atoms with van der Waals surface area (Å²) < 4.78 is 0. The molecule has 7 heteroatoms. The van der Waals surface area contributed by atoms with Gasteiger partial charge < -0.3 is 10.6 Å². The van der Waals surface area contributed by atoms with E-state index in [2.05, 4.69) is 10.6 Å². The molecule has 5 nitrogen and oxygen atoms in total. The third-order valence-electron chi connectivity index (χ3n) is 4.39. The molecule has 0 aliphatic heterocycles. The van der Waals surface area contributed by atoms with Crippen LogP contribution < -0.4 is 10.6 Å². The number of carbonyl (C=O) groups is 2. The fourth-order valence-corrected chi connectivity index (χ4v) is 2.94. The first kappa shape index (κ1) is 21.2. The third-order valence-corrected chi connectivity index (χ3v) is 5.21. The average molecular weight is 408 g/mol. The van der Waals surface area contributed by atoms with Crippen molar-refractivity contribution >= 4 is 46.4 Å². The molecule has 27 heavy (non-hydrogen) atoms. The lowest BCUT2D eigenvalue weighted by Gasteiger charge is -2.24. The van der Waals surface area contributed by atoms with E-state index in [1.165, 1.54) is 0 Å². The van der Waals surface area contributed by atoms with Crippen molar-refractivity contribution in [3.8, 4) is 0 Å². The van der Waals surface area contributed by atoms with Gasteiger partial charge in [-0.1, -0.05) is 47.5 Å². The van der Waals surface area contributed by atoms with Gasteiger partial charge in [0.2, 0.25) is 11.8 Å². The summed E-state index contributed by atoms with van der Waals surface area (Å²) in [6.45, 7) is 5.68. The van der Waals surface area contributed by atoms with Gasteiger partial charge in [-0.3, -0.25) is 14.5 Å². The molecule has 0 radical (unpaired) electrons. The molecule has 2 N–H and O–H groups in total. The predicted molar refractivity (Wildman–Crippen MR) is 112 cm³/mol. The minimum absolute atomic E-state index is 0.0750. The van der Waals surface area contributed by atoms with Crippen molar-refractivity contribution < 1.29 is 9.59 Å². The number of carbonyl (C=O) groups excluding carboxylic acids is 2. The van der Waals surface area contributed by atoms with Crippen molar-refractivity contribution in [2.24, 2.45) is 0 Å². The van der Waals surface area contributed by atoms with Gasteiger partial charge in [-0.2, -0.15) is 0 Å². The first-order valence-electron chi connectivity index (χ1n) is 8.52. The van der Waals surface area contributed by atoms with Crippen molar-refractivity contribution in [3.63, 3.8) is 0 Å². The Hall–Kier alpha value is -2.08. The summed E-state index contributed by atoms with van der Waals surface area (Å²) in [7, 11) is 1.72. The average Bonchev–Trinajstić information content (AvgIpc) is 2.61. The Labute approximate surface area is 169 Å². The molecule has 1 atom stereocenters. The summed E-state index contributed by atoms with van der Waals surface area (Å²) in [6, 6.07) is 10.3. The lowest BCUT2D eigenvalue weighted by Crippen LogP contribution is -2.43. The fourth-order valence-electron chi connectivity index (χ4n) is 2.59. The number of hydrogen-bond donors (Lipinski definition) is 2. The first-order valence-corrected chi connectivity index (χ1v) is 9.27. The standard InChI is InChI=1S/C20H23Cl2N3O2/c1-12-7-5-8-13(2)19(12)24-17(26)11-25(4)14(3)20(27)23-16-10-6-9-15(21)18(16)22/h5-10,14H,11H2,1-4H3,(H,23,27)(H,24,26)/t14-/m1/s1. The Morgan fingerprint density at radius 3 is 2.26 bits per heavy atom. The van der Waals surface area contributed by atoms with E-state index in [1.807, 2.05) is 32.0 Å². The highest BCUT2D eigenvalue weighted by Gasteiger charge is 2.21. The van der Waals surface area contributed by atoms with Crippen LogP contribution in [0.2, 0.25) is 10.0 Å². The zero-order chi connectivity index (χ0) is 20.1. The van der Waals surface area contributed by atoms with Crippen molar-refractivity contribution in [2.75, 3.05) is 24.2 Å². The summed E-state index contributed by atoms with van der Waals surface area (Å²) in [5.74, 6) is -0.461. The highest BCUT2D eigenvalue weighted by atomic mass is 35.5. The molecule has 144 valence electrons. The number of anilines is 2. The topological polar surface area (TPSA) is 61.4 Å². The second-order valence-electron chi connectivity index (χ2n) is 6.50. The van der Waals surface area contributed by atoms with Crippen molar-refractivity contribution in [2.45, 2.75) is 26.8 Å². The first-order chi connectivity index (χ1) is 12.7. The second-order valence-corrected chi connectivity index (χ2v) is 7.28. The summed E-state index contributed by atoms with van der Waals surface area (Å²) >= 11 is 12.1. The Balaban J connectivity index is 1.98. The number of amides is 2. The molecule has 2 aromatic carbocycles. The minimum atomic E-state index is -0.538. The highest BCUT2D eigenvalue weighted by molar-refractivity contribution is 6.44. The maximum Gasteiger partial charge on any atom is 0.241 e. The zero-order valence-electron chi connectivity index (χ0n) is 15.8. The van der Waals surface area contributed by atoms with E-state index < -0.39 is 6.04 Å². The lowest BCUT2D eigenvalue weighted by atomic mass is 10.1. The lowest BCUT2D eigenvalue weighted by molar-refractivity contribution is -0.122. The van der Waals surface area contributed by atoms with Gasteiger partial charge in [-0.05, 0) is 51.1 Å². The van der Waals surface area contributed by atoms with Gasteiger partial charge in [0.05, 0.1) is 28.3 Å². The Bertz CT molecular complexity index is 835. The van der Waals surface area contributed by atoms with E-state index in [0.29, 0.717) is 10.7 Å². The molecule has 2 amide bonds. The maximum atomic E-state index is 12.5. The highest BCUT2D eigenvalue weighted by Crippen LogP contribution is 2.29. The van der Waals surface area contributed by atoms with Crippen molar-refractivity contribution in [1.29, 1.82) is 0 Å². The van der Waals surface area contributed by atoms with Crippen LogP contribution in [0.25, 0.3) is 0 Å². The molecule has 0 aliphatic carbocycles. The molecule has 0 aromatic heterocycles. The monoisotopic (exact) mass is 407 g/mol. The number of aryl methyl sites for hydroxylation is 2. The number of likely N-dealkylation sites (N-methyl/N-ethyl adjacent to an activating group) is 1. The van der Waals surface area contributed by atoms with E-state index >= 15 is 0 Å². The van der Waals surface area contributed by atoms with Crippen molar-refractivity contribution in [1.82, 2.24) is 4.90 Å². The largest absolute Gasteiger partial charge is 0.324 e. The number of hydrogen-bond acceptors (Lipinski definition) is 3. The van der Waals surface area contributed by atoms with Crippen LogP contribution in [0.4, 0.5) is 11.4 Å². The second kappa shape index (κ2) is 9.22. The molecular formula is C20H23Cl2N3O2. The molecule has 0 aliphatic rings. The number of benzene rings is 2. The zero-order valence-corrected chi connectivity index (χ0v) is 17.3. The van der Waals surface area contributed by atoms with E-state index in [0.717, 1.165) is 16.8 Å². The van der Waals surface area contributed by atoms with E-state index in [4.69, 9.17) is 23.2 Å². The molecule has 0 saturated heterocycles. The van der Waals surface area contributed by atoms with Crippen LogP contribution in [0.15, 0.2) is 36.4 Å². The smallest absolute Gasteiger partial charge is 0.241 e. The summed E-state index contributed by atoms with van der Waals surface area (Å²) in [5.41, 5.74) is 3.23. The van der Waals surface area contributed by atoms with Crippen LogP contribution in [0, 0.1) is 13.8 Å². The Kier molecular flexibility index (Phi) is 7.25. The fraction of sp³-hybridized carbons (Fsp3) is 0.300. The molecule has 0 saturated carbocycles. The quantitative estimate of drug-likeness (QED) is 0.740. The number of para-hydroxylation sites is 1. The summed E-state index contributed by atoms with van der Waals surface area (Å²) in [4.78, 5) is 26.5. The molecule has 0 unspecified atom stereocenters. The van der Waals surface area contributed by atoms with Gasteiger partial charge in [-0.15, -0.1) is 0 Å². The van der Waals surface area contributed by atoms with E-state index in [-0.39, 0.29) is 23.4 Å². The van der Waals surface area contributed by atoms with Crippen LogP contribution in [-0.4, -0.2) is 36.3 Å². The van der Waals surface area contributed by atoms with Gasteiger partial charge in [0.1, 0.15) is 0 Å². The van der Waals surface area contributed by atoms with Crippen LogP contribution in [0.3, 0.4) is 0 Å². The number of rotatable bonds is 6. The summed E-state index contributed by atoms with van der Waals surface area (Å²) in [5, 5.41) is 6.31. The maximum absolute atomic E-state index is 12.5. The third kappa shape index (κ3) is 5.45. The molecule has 0 spiro atoms. The van der Waals surface area contributed by atoms with E-state index in [1.54, 1.807) is 37.1 Å². The molecule has 0 bridgehead atoms. The van der Waals surface area contributed by atoms with Gasteiger partial charge in [0, 0.05) is 5.69 Å². The van der Waals surface area contributed by atoms with Crippen LogP contribution >= 0.6 is 23.2 Å². The normalized spacial score (nSPS) is 12.0. The Morgan fingerprint density at radius 1 is 1.04 bits per heavy atom. The Morgan fingerprint density at radius 2 is 1.63 bits per heavy atom. The van der Waals surface area contributed by atoms with Gasteiger partial charge >= 0.3 is 0 Å². The SMILES string of the molecule is Cc1cccc(C)c1NC(=O)CN(C)[C@H](C)C(=O)Nc1cccc(Cl)c1Cl. The molecule has 0 heterocycles. The van der Waals surface area contributed by atoms with Gasteiger partial charge in [-0.25, -0.2) is 0 Å². The predicted octanol–water partition coefficient (Wildman–Crippen LogP) is 4.51. The number of nitrogens with zero attached hydrogens (tertiary/aromatic N) is 1.